The van der Waals surface area contributed by atoms with Crippen LogP contribution in [0, 0.1) is 0 Å². The maximum Gasteiger partial charge on any atom is 0.191 e. The first kappa shape index (κ1) is 19.0. The molecular formula is C17H29ClN6. The average Bonchev–Trinajstić information content (AvgIpc) is 2.57. The van der Waals surface area contributed by atoms with Crippen molar-refractivity contribution in [2.75, 3.05) is 53.4 Å². The van der Waals surface area contributed by atoms with E-state index in [-0.39, 0.29) is 0 Å². The molecule has 1 aromatic rings. The van der Waals surface area contributed by atoms with Crippen molar-refractivity contribution < 1.29 is 0 Å². The van der Waals surface area contributed by atoms with Gasteiger partial charge in [-0.05, 0) is 39.1 Å². The van der Waals surface area contributed by atoms with Crippen LogP contribution in [-0.4, -0.2) is 80.1 Å². The van der Waals surface area contributed by atoms with Gasteiger partial charge in [-0.25, -0.2) is 4.98 Å². The third-order valence-electron chi connectivity index (χ3n) is 4.28. The Morgan fingerprint density at radius 1 is 1.33 bits per heavy atom. The van der Waals surface area contributed by atoms with Crippen LogP contribution in [0.3, 0.4) is 0 Å². The molecule has 0 amide bonds. The predicted octanol–water partition coefficient (Wildman–Crippen LogP) is 1.08. The highest BCUT2D eigenvalue weighted by Crippen LogP contribution is 2.06. The van der Waals surface area contributed by atoms with Gasteiger partial charge in [0.2, 0.25) is 0 Å². The van der Waals surface area contributed by atoms with E-state index in [1.807, 2.05) is 18.3 Å². The maximum absolute atomic E-state index is 5.81. The highest BCUT2D eigenvalue weighted by molar-refractivity contribution is 6.29. The summed E-state index contributed by atoms with van der Waals surface area (Å²) in [6, 6.07) is 4.30. The van der Waals surface area contributed by atoms with E-state index in [2.05, 4.69) is 46.4 Å². The molecule has 0 spiro atoms. The van der Waals surface area contributed by atoms with Crippen molar-refractivity contribution in [3.63, 3.8) is 0 Å². The summed E-state index contributed by atoms with van der Waals surface area (Å²) < 4.78 is 0. The summed E-state index contributed by atoms with van der Waals surface area (Å²) in [6.07, 6.45) is 2.71. The van der Waals surface area contributed by atoms with Gasteiger partial charge in [-0.3, -0.25) is 9.89 Å². The van der Waals surface area contributed by atoms with Gasteiger partial charge >= 0.3 is 0 Å². The van der Waals surface area contributed by atoms with E-state index in [0.29, 0.717) is 11.2 Å². The number of pyridine rings is 1. The number of halogens is 1. The first-order valence-corrected chi connectivity index (χ1v) is 8.97. The minimum Gasteiger partial charge on any atom is -0.357 e. The topological polar surface area (TPSA) is 55.8 Å². The zero-order valence-corrected chi connectivity index (χ0v) is 15.7. The SMILES string of the molecule is CCNC(=NCC1CN(C)CCN1C)NCCc1ccc(Cl)nc1. The van der Waals surface area contributed by atoms with Crippen LogP contribution in [0.15, 0.2) is 23.3 Å². The zero-order valence-electron chi connectivity index (χ0n) is 14.9. The van der Waals surface area contributed by atoms with Gasteiger partial charge in [0.05, 0.1) is 6.54 Å². The molecule has 7 heteroatoms. The number of rotatable bonds is 6. The van der Waals surface area contributed by atoms with Crippen LogP contribution >= 0.6 is 11.6 Å². The van der Waals surface area contributed by atoms with E-state index in [1.54, 1.807) is 0 Å². The summed E-state index contributed by atoms with van der Waals surface area (Å²) >= 11 is 5.81. The second kappa shape index (κ2) is 9.81. The molecule has 0 saturated carbocycles. The Kier molecular flexibility index (Phi) is 7.75. The number of piperazine rings is 1. The van der Waals surface area contributed by atoms with Crippen molar-refractivity contribution in [3.8, 4) is 0 Å². The Balaban J connectivity index is 1.82. The molecule has 0 aromatic carbocycles. The lowest BCUT2D eigenvalue weighted by molar-refractivity contribution is 0.119. The lowest BCUT2D eigenvalue weighted by atomic mass is 10.2. The molecule has 1 aliphatic heterocycles. The second-order valence-corrected chi connectivity index (χ2v) is 6.67. The fraction of sp³-hybridized carbons (Fsp3) is 0.647. The molecule has 1 atom stereocenters. The van der Waals surface area contributed by atoms with Crippen molar-refractivity contribution in [1.82, 2.24) is 25.4 Å². The van der Waals surface area contributed by atoms with E-state index in [0.717, 1.165) is 57.2 Å². The molecule has 134 valence electrons. The van der Waals surface area contributed by atoms with Crippen molar-refractivity contribution in [1.29, 1.82) is 0 Å². The Morgan fingerprint density at radius 2 is 2.17 bits per heavy atom. The van der Waals surface area contributed by atoms with Crippen LogP contribution in [0.25, 0.3) is 0 Å². The Morgan fingerprint density at radius 3 is 2.88 bits per heavy atom. The maximum atomic E-state index is 5.81. The van der Waals surface area contributed by atoms with Crippen LogP contribution in [0.4, 0.5) is 0 Å². The number of hydrogen-bond donors (Lipinski definition) is 2. The van der Waals surface area contributed by atoms with Gasteiger partial charge in [0.25, 0.3) is 0 Å². The number of nitrogens with one attached hydrogen (secondary N) is 2. The van der Waals surface area contributed by atoms with E-state index in [4.69, 9.17) is 16.6 Å². The summed E-state index contributed by atoms with van der Waals surface area (Å²) in [4.78, 5) is 13.6. The smallest absolute Gasteiger partial charge is 0.191 e. The first-order chi connectivity index (χ1) is 11.6. The van der Waals surface area contributed by atoms with E-state index >= 15 is 0 Å². The van der Waals surface area contributed by atoms with Gasteiger partial charge in [0, 0.05) is 45.0 Å². The summed E-state index contributed by atoms with van der Waals surface area (Å²) in [5, 5.41) is 7.24. The number of aliphatic imine (C=N–C) groups is 1. The van der Waals surface area contributed by atoms with Crippen LogP contribution in [-0.2, 0) is 6.42 Å². The molecule has 2 rings (SSSR count). The Bertz CT molecular complexity index is 518. The summed E-state index contributed by atoms with van der Waals surface area (Å²) in [5.41, 5.74) is 1.16. The molecule has 6 nitrogen and oxygen atoms in total. The van der Waals surface area contributed by atoms with Crippen LogP contribution in [0.5, 0.6) is 0 Å². The van der Waals surface area contributed by atoms with E-state index in [1.165, 1.54) is 0 Å². The number of hydrogen-bond acceptors (Lipinski definition) is 4. The lowest BCUT2D eigenvalue weighted by Crippen LogP contribution is -2.51. The largest absolute Gasteiger partial charge is 0.357 e. The normalized spacial score (nSPS) is 20.2. The average molecular weight is 353 g/mol. The summed E-state index contributed by atoms with van der Waals surface area (Å²) in [5.74, 6) is 0.876. The molecule has 2 N–H and O–H groups in total. The van der Waals surface area contributed by atoms with E-state index in [9.17, 15) is 0 Å². The van der Waals surface area contributed by atoms with Crippen LogP contribution < -0.4 is 10.6 Å². The fourth-order valence-corrected chi connectivity index (χ4v) is 2.83. The molecular weight excluding hydrogens is 324 g/mol. The Labute approximate surface area is 150 Å². The number of likely N-dealkylation sites (N-methyl/N-ethyl adjacent to an activating group) is 2. The van der Waals surface area contributed by atoms with Crippen molar-refractivity contribution in [3.05, 3.63) is 29.0 Å². The molecule has 0 bridgehead atoms. The van der Waals surface area contributed by atoms with Crippen LogP contribution in [0.1, 0.15) is 12.5 Å². The quantitative estimate of drug-likeness (QED) is 0.456. The van der Waals surface area contributed by atoms with Crippen molar-refractivity contribution >= 4 is 17.6 Å². The molecule has 2 heterocycles. The van der Waals surface area contributed by atoms with Crippen molar-refractivity contribution in [2.45, 2.75) is 19.4 Å². The van der Waals surface area contributed by atoms with Gasteiger partial charge in [-0.2, -0.15) is 0 Å². The van der Waals surface area contributed by atoms with E-state index < -0.39 is 0 Å². The van der Waals surface area contributed by atoms with Crippen LogP contribution in [0.2, 0.25) is 5.15 Å². The number of nitrogens with zero attached hydrogens (tertiary/aromatic N) is 4. The third-order valence-corrected chi connectivity index (χ3v) is 4.50. The molecule has 1 aliphatic rings. The minimum absolute atomic E-state index is 0.472. The van der Waals surface area contributed by atoms with Gasteiger partial charge in [0.1, 0.15) is 5.15 Å². The summed E-state index contributed by atoms with van der Waals surface area (Å²) in [7, 11) is 4.36. The lowest BCUT2D eigenvalue weighted by Gasteiger charge is -2.36. The molecule has 0 radical (unpaired) electrons. The highest BCUT2D eigenvalue weighted by Gasteiger charge is 2.21. The van der Waals surface area contributed by atoms with Gasteiger partial charge in [-0.15, -0.1) is 0 Å². The number of guanidine groups is 1. The Hall–Kier alpha value is -1.37. The zero-order chi connectivity index (χ0) is 17.4. The predicted molar refractivity (Wildman–Crippen MR) is 101 cm³/mol. The second-order valence-electron chi connectivity index (χ2n) is 6.28. The standard InChI is InChI=1S/C17H29ClN6/c1-4-19-17(20-8-7-14-5-6-16(18)21-11-14)22-12-15-13-23(2)9-10-24(15)3/h5-6,11,15H,4,7-10,12-13H2,1-3H3,(H2,19,20,22). The monoisotopic (exact) mass is 352 g/mol. The molecule has 1 aromatic heterocycles. The van der Waals surface area contributed by atoms with Crippen molar-refractivity contribution in [2.24, 2.45) is 4.99 Å². The third kappa shape index (κ3) is 6.26. The van der Waals surface area contributed by atoms with Gasteiger partial charge in [-0.1, -0.05) is 17.7 Å². The molecule has 1 saturated heterocycles. The fourth-order valence-electron chi connectivity index (χ4n) is 2.72. The highest BCUT2D eigenvalue weighted by atomic mass is 35.5. The summed E-state index contributed by atoms with van der Waals surface area (Å²) in [6.45, 7) is 7.86. The number of aromatic nitrogens is 1. The minimum atomic E-state index is 0.472. The first-order valence-electron chi connectivity index (χ1n) is 8.60. The molecule has 1 unspecified atom stereocenters. The molecule has 24 heavy (non-hydrogen) atoms. The van der Waals surface area contributed by atoms with Gasteiger partial charge in [0.15, 0.2) is 5.96 Å². The molecule has 0 aliphatic carbocycles. The van der Waals surface area contributed by atoms with Gasteiger partial charge < -0.3 is 15.5 Å². The molecule has 1 fully saturated rings.